The fraction of sp³-hybridized carbons (Fsp3) is 0.231. The van der Waals surface area contributed by atoms with Gasteiger partial charge in [0.25, 0.3) is 0 Å². The van der Waals surface area contributed by atoms with E-state index in [-0.39, 0.29) is 0 Å². The van der Waals surface area contributed by atoms with Gasteiger partial charge >= 0.3 is 0 Å². The highest BCUT2D eigenvalue weighted by atomic mass is 32.2. The van der Waals surface area contributed by atoms with Gasteiger partial charge in [0.2, 0.25) is 10.0 Å². The number of nitrogens with one attached hydrogen (secondary N) is 1. The molecule has 5 heteroatoms. The van der Waals surface area contributed by atoms with Crippen molar-refractivity contribution in [3.8, 4) is 0 Å². The molecule has 0 spiro atoms. The number of hydrogen-bond donors (Lipinski definition) is 1. The minimum absolute atomic E-state index is 0.317. The standard InChI is InChI=1S/C13H15NO2S2/c1-10-8-13(11(2)17-10)18(15,16)14-9-12-6-4-3-5-7-12/h3-8,14H,9H2,1-2H3. The van der Waals surface area contributed by atoms with Crippen LogP contribution in [0.4, 0.5) is 0 Å². The number of rotatable bonds is 4. The predicted octanol–water partition coefficient (Wildman–Crippen LogP) is 2.84. The highest BCUT2D eigenvalue weighted by Gasteiger charge is 2.18. The lowest BCUT2D eigenvalue weighted by Crippen LogP contribution is -2.23. The minimum Gasteiger partial charge on any atom is -0.207 e. The molecule has 18 heavy (non-hydrogen) atoms. The van der Waals surface area contributed by atoms with Gasteiger partial charge in [-0.3, -0.25) is 0 Å². The Kier molecular flexibility index (Phi) is 3.85. The SMILES string of the molecule is Cc1cc(S(=O)(=O)NCc2ccccc2)c(C)s1. The Bertz CT molecular complexity index is 630. The van der Waals surface area contributed by atoms with Crippen molar-refractivity contribution in [1.29, 1.82) is 0 Å². The molecule has 1 aromatic carbocycles. The van der Waals surface area contributed by atoms with E-state index in [1.54, 1.807) is 6.07 Å². The highest BCUT2D eigenvalue weighted by Crippen LogP contribution is 2.24. The van der Waals surface area contributed by atoms with E-state index in [0.29, 0.717) is 11.4 Å². The van der Waals surface area contributed by atoms with E-state index in [0.717, 1.165) is 15.3 Å². The van der Waals surface area contributed by atoms with Crippen LogP contribution in [0.25, 0.3) is 0 Å². The van der Waals surface area contributed by atoms with Crippen LogP contribution in [-0.4, -0.2) is 8.42 Å². The lowest BCUT2D eigenvalue weighted by atomic mass is 10.2. The lowest BCUT2D eigenvalue weighted by molar-refractivity contribution is 0.581. The molecule has 0 aliphatic carbocycles. The Morgan fingerprint density at radius 1 is 1.17 bits per heavy atom. The Labute approximate surface area is 112 Å². The fourth-order valence-electron chi connectivity index (χ4n) is 1.73. The molecule has 0 aliphatic rings. The van der Waals surface area contributed by atoms with Crippen molar-refractivity contribution in [2.24, 2.45) is 0 Å². The monoisotopic (exact) mass is 281 g/mol. The molecule has 0 saturated heterocycles. The molecule has 2 aromatic rings. The first kappa shape index (κ1) is 13.3. The molecule has 1 N–H and O–H groups in total. The molecule has 0 atom stereocenters. The van der Waals surface area contributed by atoms with Gasteiger partial charge < -0.3 is 0 Å². The van der Waals surface area contributed by atoms with Crippen molar-refractivity contribution in [3.05, 3.63) is 51.7 Å². The van der Waals surface area contributed by atoms with Gasteiger partial charge in [-0.1, -0.05) is 30.3 Å². The van der Waals surface area contributed by atoms with Gasteiger partial charge in [0.05, 0.1) is 4.90 Å². The molecule has 1 heterocycles. The zero-order chi connectivity index (χ0) is 13.2. The maximum atomic E-state index is 12.1. The Morgan fingerprint density at radius 2 is 1.83 bits per heavy atom. The molecule has 0 radical (unpaired) electrons. The van der Waals surface area contributed by atoms with Crippen molar-refractivity contribution >= 4 is 21.4 Å². The molecule has 1 aromatic heterocycles. The summed E-state index contributed by atoms with van der Waals surface area (Å²) >= 11 is 1.50. The summed E-state index contributed by atoms with van der Waals surface area (Å²) in [6.45, 7) is 4.06. The first-order valence-electron chi connectivity index (χ1n) is 5.59. The van der Waals surface area contributed by atoms with Crippen LogP contribution in [0, 0.1) is 13.8 Å². The molecule has 96 valence electrons. The minimum atomic E-state index is -3.41. The molecule has 0 unspecified atom stereocenters. The largest absolute Gasteiger partial charge is 0.241 e. The summed E-state index contributed by atoms with van der Waals surface area (Å²) in [6.07, 6.45) is 0. The van der Waals surface area contributed by atoms with Crippen molar-refractivity contribution < 1.29 is 8.42 Å². The first-order chi connectivity index (χ1) is 8.49. The average molecular weight is 281 g/mol. The second-order valence-corrected chi connectivity index (χ2v) is 7.28. The van der Waals surface area contributed by atoms with Crippen LogP contribution in [0.5, 0.6) is 0 Å². The summed E-state index contributed by atoms with van der Waals surface area (Å²) in [4.78, 5) is 2.22. The van der Waals surface area contributed by atoms with Crippen LogP contribution in [0.1, 0.15) is 15.3 Å². The average Bonchev–Trinajstić information content (AvgIpc) is 2.68. The summed E-state index contributed by atoms with van der Waals surface area (Å²) in [5.41, 5.74) is 0.950. The Balaban J connectivity index is 2.16. The van der Waals surface area contributed by atoms with Gasteiger partial charge in [-0.25, -0.2) is 13.1 Å². The fourth-order valence-corrected chi connectivity index (χ4v) is 4.30. The van der Waals surface area contributed by atoms with Crippen LogP contribution < -0.4 is 4.72 Å². The zero-order valence-electron chi connectivity index (χ0n) is 10.3. The second-order valence-electron chi connectivity index (χ2n) is 4.09. The first-order valence-corrected chi connectivity index (χ1v) is 7.89. The van der Waals surface area contributed by atoms with E-state index in [9.17, 15) is 8.42 Å². The smallest absolute Gasteiger partial charge is 0.207 e. The van der Waals surface area contributed by atoms with E-state index in [1.807, 2.05) is 44.2 Å². The third-order valence-corrected chi connectivity index (χ3v) is 5.22. The number of benzene rings is 1. The van der Waals surface area contributed by atoms with Crippen molar-refractivity contribution in [2.75, 3.05) is 0 Å². The zero-order valence-corrected chi connectivity index (χ0v) is 11.9. The summed E-state index contributed by atoms with van der Waals surface area (Å²) in [6, 6.07) is 11.2. The number of sulfonamides is 1. The summed E-state index contributed by atoms with van der Waals surface area (Å²) in [7, 11) is -3.41. The maximum absolute atomic E-state index is 12.1. The van der Waals surface area contributed by atoms with Crippen LogP contribution in [-0.2, 0) is 16.6 Å². The lowest BCUT2D eigenvalue weighted by Gasteiger charge is -2.06. The molecule has 0 saturated carbocycles. The van der Waals surface area contributed by atoms with E-state index < -0.39 is 10.0 Å². The quantitative estimate of drug-likeness (QED) is 0.936. The van der Waals surface area contributed by atoms with E-state index in [4.69, 9.17) is 0 Å². The maximum Gasteiger partial charge on any atom is 0.241 e. The molecule has 0 amide bonds. The van der Waals surface area contributed by atoms with Crippen molar-refractivity contribution in [3.63, 3.8) is 0 Å². The van der Waals surface area contributed by atoms with E-state index in [2.05, 4.69) is 4.72 Å². The van der Waals surface area contributed by atoms with Gasteiger partial charge in [-0.05, 0) is 25.5 Å². The number of aryl methyl sites for hydroxylation is 2. The molecular weight excluding hydrogens is 266 g/mol. The van der Waals surface area contributed by atoms with Gasteiger partial charge in [-0.2, -0.15) is 0 Å². The van der Waals surface area contributed by atoms with E-state index in [1.165, 1.54) is 11.3 Å². The normalized spacial score (nSPS) is 11.7. The summed E-state index contributed by atoms with van der Waals surface area (Å²) < 4.78 is 26.9. The topological polar surface area (TPSA) is 46.2 Å². The Hall–Kier alpha value is -1.17. The Morgan fingerprint density at radius 3 is 2.39 bits per heavy atom. The van der Waals surface area contributed by atoms with Crippen molar-refractivity contribution in [1.82, 2.24) is 4.72 Å². The van der Waals surface area contributed by atoms with Gasteiger partial charge in [0.15, 0.2) is 0 Å². The van der Waals surface area contributed by atoms with Crippen LogP contribution >= 0.6 is 11.3 Å². The van der Waals surface area contributed by atoms with Gasteiger partial charge in [0, 0.05) is 16.3 Å². The van der Waals surface area contributed by atoms with Crippen molar-refractivity contribution in [2.45, 2.75) is 25.3 Å². The molecular formula is C13H15NO2S2. The van der Waals surface area contributed by atoms with Crippen LogP contribution in [0.15, 0.2) is 41.3 Å². The number of hydrogen-bond acceptors (Lipinski definition) is 3. The predicted molar refractivity (Wildman–Crippen MR) is 74.3 cm³/mol. The summed E-state index contributed by atoms with van der Waals surface area (Å²) in [5, 5.41) is 0. The van der Waals surface area contributed by atoms with Gasteiger partial charge in [0.1, 0.15) is 0 Å². The molecule has 0 aliphatic heterocycles. The van der Waals surface area contributed by atoms with Crippen LogP contribution in [0.2, 0.25) is 0 Å². The van der Waals surface area contributed by atoms with E-state index >= 15 is 0 Å². The van der Waals surface area contributed by atoms with Gasteiger partial charge in [-0.15, -0.1) is 11.3 Å². The second kappa shape index (κ2) is 5.22. The molecule has 0 bridgehead atoms. The molecule has 0 fully saturated rings. The highest BCUT2D eigenvalue weighted by molar-refractivity contribution is 7.89. The third-order valence-electron chi connectivity index (χ3n) is 2.59. The van der Waals surface area contributed by atoms with Crippen LogP contribution in [0.3, 0.4) is 0 Å². The summed E-state index contributed by atoms with van der Waals surface area (Å²) in [5.74, 6) is 0. The molecule has 3 nitrogen and oxygen atoms in total. The number of thiophene rings is 1. The molecule has 2 rings (SSSR count). The third kappa shape index (κ3) is 2.98.